The highest BCUT2D eigenvalue weighted by Gasteiger charge is 2.03. The Morgan fingerprint density at radius 2 is 2.21 bits per heavy atom. The minimum atomic E-state index is 0.611. The van der Waals surface area contributed by atoms with Gasteiger partial charge in [0.05, 0.1) is 18.8 Å². The molecule has 0 bridgehead atoms. The number of aryl methyl sites for hydroxylation is 1. The van der Waals surface area contributed by atoms with Crippen LogP contribution in [0, 0.1) is 0 Å². The van der Waals surface area contributed by atoms with Gasteiger partial charge in [0, 0.05) is 22.8 Å². The Morgan fingerprint density at radius 1 is 1.37 bits per heavy atom. The number of aromatic nitrogens is 1. The molecule has 0 unspecified atom stereocenters. The Bertz CT molecular complexity index is 539. The van der Waals surface area contributed by atoms with Crippen LogP contribution in [0.25, 0.3) is 0 Å². The van der Waals surface area contributed by atoms with E-state index in [4.69, 9.17) is 10.5 Å². The van der Waals surface area contributed by atoms with Gasteiger partial charge in [-0.15, -0.1) is 11.3 Å². The van der Waals surface area contributed by atoms with Crippen molar-refractivity contribution in [3.63, 3.8) is 0 Å². The summed E-state index contributed by atoms with van der Waals surface area (Å²) >= 11 is 1.74. The second-order valence-electron chi connectivity index (χ2n) is 4.11. The second-order valence-corrected chi connectivity index (χ2v) is 5.31. The average molecular weight is 277 g/mol. The molecule has 2 rings (SSSR count). The van der Waals surface area contributed by atoms with Crippen LogP contribution in [0.2, 0.25) is 0 Å². The van der Waals surface area contributed by atoms with Crippen molar-refractivity contribution in [2.75, 3.05) is 17.7 Å². The van der Waals surface area contributed by atoms with Crippen LogP contribution in [0.5, 0.6) is 5.75 Å². The first-order valence-corrected chi connectivity index (χ1v) is 7.24. The molecule has 4 nitrogen and oxygen atoms in total. The smallest absolute Gasteiger partial charge is 0.144 e. The van der Waals surface area contributed by atoms with E-state index in [0.29, 0.717) is 12.3 Å². The van der Waals surface area contributed by atoms with Gasteiger partial charge in [0.2, 0.25) is 0 Å². The molecule has 0 radical (unpaired) electrons. The molecule has 0 spiro atoms. The fraction of sp³-hybridized carbons (Fsp3) is 0.357. The predicted molar refractivity (Wildman–Crippen MR) is 80.8 cm³/mol. The molecular formula is C14H19N3OS. The number of nitrogens with two attached hydrogens (primary N) is 1. The topological polar surface area (TPSA) is 60.2 Å². The van der Waals surface area contributed by atoms with Crippen molar-refractivity contribution in [2.24, 2.45) is 0 Å². The third kappa shape index (κ3) is 3.61. The summed E-state index contributed by atoms with van der Waals surface area (Å²) in [6.45, 7) is 5.42. The van der Waals surface area contributed by atoms with Gasteiger partial charge in [0.1, 0.15) is 10.8 Å². The molecule has 0 aliphatic carbocycles. The second kappa shape index (κ2) is 6.43. The molecule has 0 atom stereocenters. The average Bonchev–Trinajstić information content (AvgIpc) is 2.88. The highest BCUT2D eigenvalue weighted by Crippen LogP contribution is 2.26. The molecule has 102 valence electrons. The van der Waals surface area contributed by atoms with Crippen LogP contribution in [0.4, 0.5) is 11.4 Å². The summed E-state index contributed by atoms with van der Waals surface area (Å²) in [6.07, 6.45) is 2.98. The van der Waals surface area contributed by atoms with Gasteiger partial charge in [-0.2, -0.15) is 0 Å². The van der Waals surface area contributed by atoms with E-state index in [1.54, 1.807) is 11.3 Å². The Hall–Kier alpha value is -1.75. The van der Waals surface area contributed by atoms with Gasteiger partial charge in [-0.25, -0.2) is 4.98 Å². The molecule has 0 saturated carbocycles. The Kier molecular flexibility index (Phi) is 4.63. The number of rotatable bonds is 6. The maximum atomic E-state index is 5.84. The minimum Gasteiger partial charge on any atom is -0.492 e. The molecule has 1 heterocycles. The van der Waals surface area contributed by atoms with E-state index in [2.05, 4.69) is 17.2 Å². The lowest BCUT2D eigenvalue weighted by Crippen LogP contribution is -2.01. The van der Waals surface area contributed by atoms with Gasteiger partial charge in [-0.1, -0.05) is 6.92 Å². The van der Waals surface area contributed by atoms with E-state index < -0.39 is 0 Å². The van der Waals surface area contributed by atoms with E-state index in [1.807, 2.05) is 31.3 Å². The standard InChI is InChI=1S/C14H19N3OS/c1-3-11-8-17-14(19-11)9-16-10-5-6-12(15)13(7-10)18-4-2/h5-8,16H,3-4,9,15H2,1-2H3. The highest BCUT2D eigenvalue weighted by molar-refractivity contribution is 7.11. The third-order valence-electron chi connectivity index (χ3n) is 2.71. The van der Waals surface area contributed by atoms with Gasteiger partial charge in [-0.05, 0) is 25.5 Å². The maximum absolute atomic E-state index is 5.84. The molecule has 0 amide bonds. The maximum Gasteiger partial charge on any atom is 0.144 e. The van der Waals surface area contributed by atoms with Crippen LogP contribution >= 0.6 is 11.3 Å². The number of hydrogen-bond donors (Lipinski definition) is 2. The minimum absolute atomic E-state index is 0.611. The van der Waals surface area contributed by atoms with Gasteiger partial charge in [0.25, 0.3) is 0 Å². The lowest BCUT2D eigenvalue weighted by Gasteiger charge is -2.10. The normalized spacial score (nSPS) is 10.4. The zero-order valence-corrected chi connectivity index (χ0v) is 12.1. The van der Waals surface area contributed by atoms with Crippen LogP contribution in [0.15, 0.2) is 24.4 Å². The summed E-state index contributed by atoms with van der Waals surface area (Å²) in [5.74, 6) is 0.723. The van der Waals surface area contributed by atoms with Gasteiger partial charge in [-0.3, -0.25) is 0 Å². The summed E-state index contributed by atoms with van der Waals surface area (Å²) in [6, 6.07) is 5.73. The van der Waals surface area contributed by atoms with E-state index in [0.717, 1.165) is 29.4 Å². The van der Waals surface area contributed by atoms with Crippen molar-refractivity contribution in [1.82, 2.24) is 4.98 Å². The number of nitrogens with one attached hydrogen (secondary N) is 1. The number of nitrogen functional groups attached to an aromatic ring is 1. The lowest BCUT2D eigenvalue weighted by atomic mass is 10.2. The van der Waals surface area contributed by atoms with Crippen LogP contribution in [-0.2, 0) is 13.0 Å². The first kappa shape index (κ1) is 13.7. The Morgan fingerprint density at radius 3 is 2.89 bits per heavy atom. The highest BCUT2D eigenvalue weighted by atomic mass is 32.1. The number of thiazole rings is 1. The van der Waals surface area contributed by atoms with E-state index in [1.165, 1.54) is 4.88 Å². The summed E-state index contributed by atoms with van der Waals surface area (Å²) in [4.78, 5) is 5.69. The summed E-state index contributed by atoms with van der Waals surface area (Å²) in [5.41, 5.74) is 7.49. The molecular weight excluding hydrogens is 258 g/mol. The predicted octanol–water partition coefficient (Wildman–Crippen LogP) is 3.30. The first-order valence-electron chi connectivity index (χ1n) is 6.42. The zero-order valence-electron chi connectivity index (χ0n) is 11.3. The van der Waals surface area contributed by atoms with Crippen molar-refractivity contribution in [3.05, 3.63) is 34.3 Å². The lowest BCUT2D eigenvalue weighted by molar-refractivity contribution is 0.342. The van der Waals surface area contributed by atoms with Crippen molar-refractivity contribution in [1.29, 1.82) is 0 Å². The molecule has 0 saturated heterocycles. The van der Waals surface area contributed by atoms with Crippen LogP contribution in [-0.4, -0.2) is 11.6 Å². The van der Waals surface area contributed by atoms with Gasteiger partial charge < -0.3 is 15.8 Å². The largest absolute Gasteiger partial charge is 0.492 e. The van der Waals surface area contributed by atoms with Crippen LogP contribution in [0.3, 0.4) is 0 Å². The number of nitrogens with zero attached hydrogens (tertiary/aromatic N) is 1. The first-order chi connectivity index (χ1) is 9.22. The molecule has 1 aromatic heterocycles. The monoisotopic (exact) mass is 277 g/mol. The fourth-order valence-electron chi connectivity index (χ4n) is 1.70. The molecule has 5 heteroatoms. The molecule has 0 fully saturated rings. The molecule has 2 aromatic rings. The van der Waals surface area contributed by atoms with Crippen LogP contribution < -0.4 is 15.8 Å². The van der Waals surface area contributed by atoms with Crippen molar-refractivity contribution >= 4 is 22.7 Å². The Labute approximate surface area is 117 Å². The number of anilines is 2. The van der Waals surface area contributed by atoms with Gasteiger partial charge in [0.15, 0.2) is 0 Å². The molecule has 3 N–H and O–H groups in total. The van der Waals surface area contributed by atoms with Crippen LogP contribution in [0.1, 0.15) is 23.7 Å². The SMILES string of the molecule is CCOc1cc(NCc2ncc(CC)s2)ccc1N. The fourth-order valence-corrected chi connectivity index (χ4v) is 2.50. The summed E-state index contributed by atoms with van der Waals surface area (Å²) < 4.78 is 5.47. The van der Waals surface area contributed by atoms with Crippen molar-refractivity contribution in [2.45, 2.75) is 26.8 Å². The quantitative estimate of drug-likeness (QED) is 0.795. The molecule has 0 aliphatic rings. The Balaban J connectivity index is 2.00. The zero-order chi connectivity index (χ0) is 13.7. The number of ether oxygens (including phenoxy) is 1. The summed E-state index contributed by atoms with van der Waals surface area (Å²) in [5, 5.41) is 4.43. The summed E-state index contributed by atoms with van der Waals surface area (Å²) in [7, 11) is 0. The number of benzene rings is 1. The van der Waals surface area contributed by atoms with Gasteiger partial charge >= 0.3 is 0 Å². The third-order valence-corrected chi connectivity index (χ3v) is 3.85. The number of hydrogen-bond acceptors (Lipinski definition) is 5. The molecule has 19 heavy (non-hydrogen) atoms. The van der Waals surface area contributed by atoms with E-state index >= 15 is 0 Å². The van der Waals surface area contributed by atoms with Crippen molar-refractivity contribution < 1.29 is 4.74 Å². The van der Waals surface area contributed by atoms with E-state index in [-0.39, 0.29) is 0 Å². The van der Waals surface area contributed by atoms with E-state index in [9.17, 15) is 0 Å². The van der Waals surface area contributed by atoms with Crippen molar-refractivity contribution in [3.8, 4) is 5.75 Å². The molecule has 1 aromatic carbocycles. The molecule has 0 aliphatic heterocycles.